The number of aromatic nitrogens is 4. The van der Waals surface area contributed by atoms with Crippen LogP contribution >= 0.6 is 23.2 Å². The molecule has 0 bridgehead atoms. The van der Waals surface area contributed by atoms with Crippen molar-refractivity contribution in [1.82, 2.24) is 19.3 Å². The van der Waals surface area contributed by atoms with E-state index in [4.69, 9.17) is 42.5 Å². The number of nitrogens with zero attached hydrogens (tertiary/aromatic N) is 4. The highest BCUT2D eigenvalue weighted by Crippen LogP contribution is 2.45. The zero-order valence-corrected chi connectivity index (χ0v) is 32.9. The Morgan fingerprint density at radius 2 is 1.80 bits per heavy atom. The van der Waals surface area contributed by atoms with E-state index in [9.17, 15) is 9.90 Å². The number of methoxy groups -OCH3 is 1. The maximum absolute atomic E-state index is 15.2. The standard InChI is InChI=1S/C41H43Cl2N5O6/c1-21-13-28(14-22(2)36(21)43)54-12-8-9-29-30-10-11-31(42)35(34-24(4)45-46(6)25(34)5)38(30)48-23(3)18-47(40(49)39(29)48)33-16-26(19-53-20-52-7)15-27-17-32(41(50)51)44-37(27)33/h10-11,13-17,23,44H,8-9,12,18-20H2,1-7H3,(H,50,51). The number of hydrogen-bond donors (Lipinski definition) is 2. The minimum absolute atomic E-state index is 0.0288. The molecule has 0 spiro atoms. The molecule has 3 aromatic heterocycles. The number of nitrogens with one attached hydrogen (secondary N) is 1. The fourth-order valence-corrected chi connectivity index (χ4v) is 8.23. The first-order valence-corrected chi connectivity index (χ1v) is 18.6. The molecule has 0 saturated heterocycles. The van der Waals surface area contributed by atoms with Gasteiger partial charge in [-0.1, -0.05) is 29.3 Å². The van der Waals surface area contributed by atoms with Crippen LogP contribution in [0.1, 0.15) is 74.0 Å². The van der Waals surface area contributed by atoms with Crippen molar-refractivity contribution in [3.8, 4) is 16.9 Å². The zero-order valence-electron chi connectivity index (χ0n) is 31.4. The molecular formula is C41H43Cl2N5O6. The molecule has 54 heavy (non-hydrogen) atoms. The number of carboxylic acid groups (broad SMARTS) is 1. The van der Waals surface area contributed by atoms with Crippen molar-refractivity contribution < 1.29 is 28.9 Å². The molecule has 1 atom stereocenters. The van der Waals surface area contributed by atoms with E-state index in [1.165, 1.54) is 0 Å². The molecule has 6 aromatic rings. The van der Waals surface area contributed by atoms with Crippen LogP contribution in [0.2, 0.25) is 10.0 Å². The highest BCUT2D eigenvalue weighted by atomic mass is 35.5. The molecule has 1 amide bonds. The van der Waals surface area contributed by atoms with Gasteiger partial charge in [-0.05, 0) is 106 Å². The molecule has 0 fully saturated rings. The number of fused-ring (bicyclic) bond motifs is 4. The van der Waals surface area contributed by atoms with Gasteiger partial charge in [0.1, 0.15) is 23.9 Å². The average molecular weight is 773 g/mol. The van der Waals surface area contributed by atoms with Gasteiger partial charge in [0.05, 0.1) is 40.7 Å². The van der Waals surface area contributed by atoms with E-state index in [1.54, 1.807) is 18.1 Å². The van der Waals surface area contributed by atoms with Crippen LogP contribution in [-0.4, -0.2) is 63.4 Å². The van der Waals surface area contributed by atoms with Gasteiger partial charge in [-0.25, -0.2) is 4.79 Å². The van der Waals surface area contributed by atoms with Crippen molar-refractivity contribution in [1.29, 1.82) is 0 Å². The molecule has 0 radical (unpaired) electrons. The summed E-state index contributed by atoms with van der Waals surface area (Å²) in [6, 6.07) is 12.9. The number of aromatic amines is 1. The number of aryl methyl sites for hydroxylation is 5. The quantitative estimate of drug-likeness (QED) is 0.0940. The molecule has 3 aromatic carbocycles. The Bertz CT molecular complexity index is 2440. The van der Waals surface area contributed by atoms with Crippen LogP contribution in [0.15, 0.2) is 42.5 Å². The third kappa shape index (κ3) is 6.53. The lowest BCUT2D eigenvalue weighted by Crippen LogP contribution is -2.43. The van der Waals surface area contributed by atoms with Crippen LogP contribution in [0, 0.1) is 27.7 Å². The fraction of sp³-hybridized carbons (Fsp3) is 0.341. The Morgan fingerprint density at radius 3 is 2.46 bits per heavy atom. The molecule has 11 nitrogen and oxygen atoms in total. The molecule has 1 unspecified atom stereocenters. The lowest BCUT2D eigenvalue weighted by Gasteiger charge is -2.35. The van der Waals surface area contributed by atoms with Gasteiger partial charge in [-0.15, -0.1) is 0 Å². The predicted octanol–water partition coefficient (Wildman–Crippen LogP) is 9.12. The van der Waals surface area contributed by atoms with Crippen molar-refractivity contribution >= 4 is 62.6 Å². The second kappa shape index (κ2) is 14.8. The number of anilines is 1. The Morgan fingerprint density at radius 1 is 1.06 bits per heavy atom. The molecule has 0 saturated carbocycles. The van der Waals surface area contributed by atoms with Crippen molar-refractivity contribution in [2.75, 3.05) is 32.0 Å². The van der Waals surface area contributed by atoms with Gasteiger partial charge in [0.25, 0.3) is 5.91 Å². The van der Waals surface area contributed by atoms with Crippen LogP contribution in [0.4, 0.5) is 5.69 Å². The fourth-order valence-electron chi connectivity index (χ4n) is 7.88. The molecule has 13 heteroatoms. The minimum Gasteiger partial charge on any atom is -0.494 e. The summed E-state index contributed by atoms with van der Waals surface area (Å²) in [6.45, 7) is 11.1. The van der Waals surface area contributed by atoms with Gasteiger partial charge in [-0.3, -0.25) is 9.48 Å². The summed E-state index contributed by atoms with van der Waals surface area (Å²) in [7, 11) is 3.46. The van der Waals surface area contributed by atoms with Gasteiger partial charge >= 0.3 is 5.97 Å². The number of H-pyrrole nitrogens is 1. The smallest absolute Gasteiger partial charge is 0.352 e. The van der Waals surface area contributed by atoms with Crippen LogP contribution in [-0.2, 0) is 29.5 Å². The number of carboxylic acids is 1. The lowest BCUT2D eigenvalue weighted by molar-refractivity contribution is -0.0390. The normalized spacial score (nSPS) is 14.4. The van der Waals surface area contributed by atoms with E-state index >= 15 is 4.79 Å². The second-order valence-electron chi connectivity index (χ2n) is 14.1. The topological polar surface area (TPSA) is 124 Å². The number of carbonyl (C=O) groups excluding carboxylic acids is 1. The summed E-state index contributed by atoms with van der Waals surface area (Å²) >= 11 is 13.5. The average Bonchev–Trinajstić information content (AvgIpc) is 3.79. The summed E-state index contributed by atoms with van der Waals surface area (Å²) in [6.07, 6.45) is 1.18. The van der Waals surface area contributed by atoms with E-state index in [-0.39, 0.29) is 31.0 Å². The Balaban J connectivity index is 1.38. The number of rotatable bonds is 12. The Kier molecular flexibility index (Phi) is 10.3. The summed E-state index contributed by atoms with van der Waals surface area (Å²) in [5, 5.41) is 17.5. The molecule has 4 heterocycles. The van der Waals surface area contributed by atoms with Gasteiger partial charge < -0.3 is 33.8 Å². The number of amides is 1. The highest BCUT2D eigenvalue weighted by Gasteiger charge is 2.37. The molecule has 282 valence electrons. The zero-order chi connectivity index (χ0) is 38.6. The van der Waals surface area contributed by atoms with E-state index in [1.807, 2.05) is 75.8 Å². The van der Waals surface area contributed by atoms with Crippen LogP contribution in [0.3, 0.4) is 0 Å². The number of aromatic carboxylic acids is 1. The number of hydrogen-bond acceptors (Lipinski definition) is 6. The maximum atomic E-state index is 15.2. The van der Waals surface area contributed by atoms with Crippen molar-refractivity contribution in [2.45, 2.75) is 60.1 Å². The van der Waals surface area contributed by atoms with Gasteiger partial charge in [0, 0.05) is 59.4 Å². The van der Waals surface area contributed by atoms with E-state index in [0.29, 0.717) is 53.3 Å². The van der Waals surface area contributed by atoms with E-state index in [2.05, 4.69) is 16.5 Å². The molecule has 7 rings (SSSR count). The summed E-state index contributed by atoms with van der Waals surface area (Å²) < 4.78 is 21.0. The van der Waals surface area contributed by atoms with Gasteiger partial charge in [0.2, 0.25) is 0 Å². The summed E-state index contributed by atoms with van der Waals surface area (Å²) in [5.74, 6) is -0.545. The summed E-state index contributed by atoms with van der Waals surface area (Å²) in [4.78, 5) is 32.1. The molecule has 1 aliphatic rings. The van der Waals surface area contributed by atoms with Crippen molar-refractivity contribution in [2.24, 2.45) is 7.05 Å². The minimum atomic E-state index is -1.09. The summed E-state index contributed by atoms with van der Waals surface area (Å²) in [5.41, 5.74) is 9.77. The molecule has 1 aliphatic heterocycles. The maximum Gasteiger partial charge on any atom is 0.352 e. The number of ether oxygens (including phenoxy) is 3. The van der Waals surface area contributed by atoms with Crippen LogP contribution < -0.4 is 9.64 Å². The number of carbonyl (C=O) groups is 2. The van der Waals surface area contributed by atoms with E-state index < -0.39 is 5.97 Å². The third-order valence-electron chi connectivity index (χ3n) is 10.3. The molecule has 2 N–H and O–H groups in total. The van der Waals surface area contributed by atoms with Gasteiger partial charge in [0.15, 0.2) is 0 Å². The van der Waals surface area contributed by atoms with Crippen molar-refractivity contribution in [3.05, 3.63) is 97.5 Å². The third-order valence-corrected chi connectivity index (χ3v) is 11.2. The largest absolute Gasteiger partial charge is 0.494 e. The first-order chi connectivity index (χ1) is 25.8. The van der Waals surface area contributed by atoms with Crippen LogP contribution in [0.5, 0.6) is 5.75 Å². The molecular weight excluding hydrogens is 729 g/mol. The number of halogens is 2. The monoisotopic (exact) mass is 771 g/mol. The predicted molar refractivity (Wildman–Crippen MR) is 212 cm³/mol. The second-order valence-corrected chi connectivity index (χ2v) is 14.9. The van der Waals surface area contributed by atoms with Crippen LogP contribution in [0.25, 0.3) is 32.9 Å². The van der Waals surface area contributed by atoms with Gasteiger partial charge in [-0.2, -0.15) is 5.10 Å². The highest BCUT2D eigenvalue weighted by molar-refractivity contribution is 6.35. The van der Waals surface area contributed by atoms with Crippen molar-refractivity contribution in [3.63, 3.8) is 0 Å². The van der Waals surface area contributed by atoms with E-state index in [0.717, 1.165) is 66.4 Å². The first kappa shape index (κ1) is 37.5. The molecule has 0 aliphatic carbocycles. The number of benzene rings is 3. The Hall–Kier alpha value is -4.81. The lowest BCUT2D eigenvalue weighted by atomic mass is 9.98. The Labute approximate surface area is 323 Å². The SMILES string of the molecule is COCOCc1cc(N2CC(C)n3c(c(CCCOc4cc(C)c(Cl)c(C)c4)c4ccc(Cl)c(-c5c(C)nn(C)c5C)c43)C2=O)c2[nH]c(C(=O)O)cc2c1. The first-order valence-electron chi connectivity index (χ1n) is 17.8.